The monoisotopic (exact) mass is 306 g/mol. The Kier molecular flexibility index (Phi) is 3.94. The molecule has 0 amide bonds. The lowest BCUT2D eigenvalue weighted by atomic mass is 10.1. The molecule has 0 aliphatic heterocycles. The van der Waals surface area contributed by atoms with Gasteiger partial charge in [0.15, 0.2) is 0 Å². The van der Waals surface area contributed by atoms with Crippen molar-refractivity contribution in [1.82, 2.24) is 15.5 Å². The van der Waals surface area contributed by atoms with E-state index in [1.807, 2.05) is 24.3 Å². The van der Waals surface area contributed by atoms with Crippen molar-refractivity contribution in [3.8, 4) is 0 Å². The van der Waals surface area contributed by atoms with E-state index >= 15 is 0 Å². The van der Waals surface area contributed by atoms with Gasteiger partial charge >= 0.3 is 0 Å². The van der Waals surface area contributed by atoms with E-state index in [0.29, 0.717) is 11.7 Å². The molecule has 0 unspecified atom stereocenters. The fraction of sp³-hybridized carbons (Fsp3) is 0.357. The Balaban J connectivity index is 1.64. The first kappa shape index (κ1) is 14.1. The molecule has 1 aromatic carbocycles. The Morgan fingerprint density at radius 1 is 1.29 bits per heavy atom. The summed E-state index contributed by atoms with van der Waals surface area (Å²) in [6, 6.07) is 8.31. The van der Waals surface area contributed by atoms with E-state index in [0.717, 1.165) is 17.7 Å². The molecule has 3 N–H and O–H groups in total. The molecule has 3 rings (SSSR count). The molecular weight excluding hydrogens is 288 g/mol. The summed E-state index contributed by atoms with van der Waals surface area (Å²) in [5, 5.41) is 9.71. The number of benzene rings is 1. The first-order valence-corrected chi connectivity index (χ1v) is 8.56. The van der Waals surface area contributed by atoms with Crippen LogP contribution in [-0.2, 0) is 22.3 Å². The number of hydrogen-bond donors (Lipinski definition) is 3. The number of nitrogens with zero attached hydrogens (tertiary/aromatic N) is 1. The lowest BCUT2D eigenvalue weighted by Gasteiger charge is -2.08. The van der Waals surface area contributed by atoms with E-state index in [1.54, 1.807) is 0 Å². The van der Waals surface area contributed by atoms with Crippen molar-refractivity contribution < 1.29 is 8.42 Å². The van der Waals surface area contributed by atoms with Crippen LogP contribution in [0, 0.1) is 0 Å². The highest BCUT2D eigenvalue weighted by molar-refractivity contribution is 7.91. The van der Waals surface area contributed by atoms with Crippen LogP contribution in [0.4, 0.5) is 5.69 Å². The number of H-pyrrole nitrogens is 1. The van der Waals surface area contributed by atoms with Crippen molar-refractivity contribution >= 4 is 15.7 Å². The van der Waals surface area contributed by atoms with E-state index in [-0.39, 0.29) is 5.75 Å². The largest absolute Gasteiger partial charge is 0.310 e. The summed E-state index contributed by atoms with van der Waals surface area (Å²) in [5.41, 5.74) is 2.33. The fourth-order valence-corrected chi connectivity index (χ4v) is 3.28. The number of hydrogen-bond acceptors (Lipinski definition) is 4. The Labute approximate surface area is 124 Å². The molecule has 2 aromatic rings. The minimum atomic E-state index is -3.42. The third kappa shape index (κ3) is 4.30. The summed E-state index contributed by atoms with van der Waals surface area (Å²) in [6.45, 7) is 0.785. The van der Waals surface area contributed by atoms with Crippen molar-refractivity contribution in [2.24, 2.45) is 0 Å². The smallest absolute Gasteiger partial charge is 0.237 e. The van der Waals surface area contributed by atoms with Crippen LogP contribution >= 0.6 is 0 Å². The van der Waals surface area contributed by atoms with Crippen LogP contribution in [0.1, 0.15) is 24.0 Å². The summed E-state index contributed by atoms with van der Waals surface area (Å²) in [4.78, 5) is 0. The second-order valence-corrected chi connectivity index (χ2v) is 7.05. The van der Waals surface area contributed by atoms with Gasteiger partial charge < -0.3 is 5.32 Å². The van der Waals surface area contributed by atoms with E-state index in [1.165, 1.54) is 25.2 Å². The van der Waals surface area contributed by atoms with Gasteiger partial charge in [-0.05, 0) is 24.0 Å². The number of aromatic amines is 1. The molecule has 0 saturated heterocycles. The number of sulfonamides is 1. The molecule has 0 radical (unpaired) electrons. The molecule has 1 aliphatic rings. The third-order valence-electron chi connectivity index (χ3n) is 3.29. The van der Waals surface area contributed by atoms with Crippen molar-refractivity contribution in [2.75, 3.05) is 4.72 Å². The molecule has 21 heavy (non-hydrogen) atoms. The standard InChI is InChI=1S/C14H18N4O2S/c19-21(20,18-14-8-16-17-9-14)10-12-3-1-2-11(6-12)7-15-13-4-5-13/h1-3,6,8-9,13,15,18H,4-5,7,10H2,(H,16,17). The maximum absolute atomic E-state index is 12.1. The van der Waals surface area contributed by atoms with Gasteiger partial charge in [0.2, 0.25) is 10.0 Å². The Hall–Kier alpha value is -1.86. The van der Waals surface area contributed by atoms with Crippen LogP contribution in [0.15, 0.2) is 36.7 Å². The van der Waals surface area contributed by atoms with Gasteiger partial charge in [-0.3, -0.25) is 9.82 Å². The van der Waals surface area contributed by atoms with Crippen LogP contribution in [0.3, 0.4) is 0 Å². The van der Waals surface area contributed by atoms with Gasteiger partial charge in [0.1, 0.15) is 0 Å². The Morgan fingerprint density at radius 3 is 2.81 bits per heavy atom. The summed E-state index contributed by atoms with van der Waals surface area (Å²) in [6.07, 6.45) is 5.42. The number of rotatable bonds is 7. The van der Waals surface area contributed by atoms with E-state index < -0.39 is 10.0 Å². The second kappa shape index (κ2) is 5.87. The van der Waals surface area contributed by atoms with Gasteiger partial charge in [0.25, 0.3) is 0 Å². The van der Waals surface area contributed by atoms with Gasteiger partial charge in [0, 0.05) is 18.8 Å². The minimum Gasteiger partial charge on any atom is -0.310 e. The van der Waals surface area contributed by atoms with Crippen molar-refractivity contribution in [3.05, 3.63) is 47.8 Å². The van der Waals surface area contributed by atoms with Gasteiger partial charge in [-0.25, -0.2) is 8.42 Å². The molecule has 6 nitrogen and oxygen atoms in total. The average molecular weight is 306 g/mol. The molecule has 0 atom stereocenters. The SMILES string of the molecule is O=S(=O)(Cc1cccc(CNC2CC2)c1)Nc1cn[nH]c1. The molecule has 1 saturated carbocycles. The zero-order valence-electron chi connectivity index (χ0n) is 11.5. The highest BCUT2D eigenvalue weighted by atomic mass is 32.2. The van der Waals surface area contributed by atoms with Gasteiger partial charge in [-0.15, -0.1) is 0 Å². The van der Waals surface area contributed by atoms with Gasteiger partial charge in [-0.1, -0.05) is 24.3 Å². The highest BCUT2D eigenvalue weighted by Crippen LogP contribution is 2.19. The van der Waals surface area contributed by atoms with Crippen molar-refractivity contribution in [2.45, 2.75) is 31.2 Å². The number of nitrogens with one attached hydrogen (secondary N) is 3. The minimum absolute atomic E-state index is 0.0462. The molecule has 1 aromatic heterocycles. The zero-order valence-corrected chi connectivity index (χ0v) is 12.4. The predicted molar refractivity (Wildman–Crippen MR) is 81.1 cm³/mol. The summed E-state index contributed by atoms with van der Waals surface area (Å²) in [7, 11) is -3.42. The predicted octanol–water partition coefficient (Wildman–Crippen LogP) is 1.60. The maximum Gasteiger partial charge on any atom is 0.237 e. The first-order chi connectivity index (χ1) is 10.1. The van der Waals surface area contributed by atoms with Crippen LogP contribution in [0.25, 0.3) is 0 Å². The molecule has 0 bridgehead atoms. The average Bonchev–Trinajstić information content (AvgIpc) is 3.13. The molecule has 1 heterocycles. The van der Waals surface area contributed by atoms with Gasteiger partial charge in [-0.2, -0.15) is 5.10 Å². The zero-order chi connectivity index (χ0) is 14.7. The topological polar surface area (TPSA) is 86.9 Å². The summed E-state index contributed by atoms with van der Waals surface area (Å²) in [5.74, 6) is -0.0462. The molecule has 112 valence electrons. The maximum atomic E-state index is 12.1. The van der Waals surface area contributed by atoms with Gasteiger partial charge in [0.05, 0.1) is 17.6 Å². The van der Waals surface area contributed by atoms with E-state index in [9.17, 15) is 8.42 Å². The summed E-state index contributed by atoms with van der Waals surface area (Å²) >= 11 is 0. The van der Waals surface area contributed by atoms with Crippen molar-refractivity contribution in [3.63, 3.8) is 0 Å². The Bertz CT molecular complexity index is 694. The normalized spacial score (nSPS) is 15.0. The van der Waals surface area contributed by atoms with Crippen LogP contribution in [-0.4, -0.2) is 24.7 Å². The lowest BCUT2D eigenvalue weighted by Crippen LogP contribution is -2.16. The Morgan fingerprint density at radius 2 is 2.10 bits per heavy atom. The second-order valence-electron chi connectivity index (χ2n) is 5.32. The highest BCUT2D eigenvalue weighted by Gasteiger charge is 2.20. The van der Waals surface area contributed by atoms with Crippen LogP contribution in [0.5, 0.6) is 0 Å². The summed E-state index contributed by atoms with van der Waals surface area (Å²) < 4.78 is 26.7. The number of anilines is 1. The molecular formula is C14H18N4O2S. The van der Waals surface area contributed by atoms with E-state index in [4.69, 9.17) is 0 Å². The third-order valence-corrected chi connectivity index (χ3v) is 4.55. The lowest BCUT2D eigenvalue weighted by molar-refractivity contribution is 0.600. The van der Waals surface area contributed by atoms with Crippen LogP contribution in [0.2, 0.25) is 0 Å². The molecule has 1 fully saturated rings. The van der Waals surface area contributed by atoms with Crippen molar-refractivity contribution in [1.29, 1.82) is 0 Å². The first-order valence-electron chi connectivity index (χ1n) is 6.91. The number of aromatic nitrogens is 2. The van der Waals surface area contributed by atoms with E-state index in [2.05, 4.69) is 20.2 Å². The molecule has 7 heteroatoms. The van der Waals surface area contributed by atoms with Crippen LogP contribution < -0.4 is 10.0 Å². The quantitative estimate of drug-likeness (QED) is 0.725. The molecule has 0 spiro atoms. The fourth-order valence-electron chi connectivity index (χ4n) is 2.12. The molecule has 1 aliphatic carbocycles.